The number of nitrogens with one attached hydrogen (secondary N) is 1. The fourth-order valence-corrected chi connectivity index (χ4v) is 3.85. The van der Waals surface area contributed by atoms with Gasteiger partial charge in [-0.1, -0.05) is 0 Å². The number of carbonyl (C=O) groups excluding carboxylic acids is 1. The lowest BCUT2D eigenvalue weighted by Crippen LogP contribution is -2.47. The number of amides is 1. The van der Waals surface area contributed by atoms with Crippen LogP contribution in [0.2, 0.25) is 0 Å². The Morgan fingerprint density at radius 1 is 0.970 bits per heavy atom. The van der Waals surface area contributed by atoms with Crippen molar-refractivity contribution in [3.63, 3.8) is 0 Å². The maximum Gasteiger partial charge on any atom is 0.251 e. The minimum absolute atomic E-state index is 0.262. The van der Waals surface area contributed by atoms with Gasteiger partial charge in [-0.2, -0.15) is 5.10 Å². The summed E-state index contributed by atoms with van der Waals surface area (Å²) in [6.07, 6.45) is 6.80. The number of hydrogen-bond donors (Lipinski definition) is 1. The van der Waals surface area contributed by atoms with Crippen molar-refractivity contribution >= 4 is 28.7 Å². The summed E-state index contributed by atoms with van der Waals surface area (Å²) in [5, 5.41) is 8.14. The molecule has 1 fully saturated rings. The third-order valence-electron chi connectivity index (χ3n) is 5.54. The predicted molar refractivity (Wildman–Crippen MR) is 121 cm³/mol. The highest BCUT2D eigenvalue weighted by Gasteiger charge is 2.22. The minimum Gasteiger partial charge on any atom is -0.352 e. The van der Waals surface area contributed by atoms with Gasteiger partial charge in [0.15, 0.2) is 5.65 Å². The van der Waals surface area contributed by atoms with E-state index in [-0.39, 0.29) is 11.7 Å². The van der Waals surface area contributed by atoms with Crippen molar-refractivity contribution in [3.05, 3.63) is 66.6 Å². The van der Waals surface area contributed by atoms with Gasteiger partial charge in [0.05, 0.1) is 18.1 Å². The van der Waals surface area contributed by atoms with Crippen molar-refractivity contribution < 1.29 is 9.18 Å². The molecule has 1 aromatic carbocycles. The van der Waals surface area contributed by atoms with E-state index in [2.05, 4.69) is 40.2 Å². The van der Waals surface area contributed by atoms with Gasteiger partial charge in [-0.3, -0.25) is 4.79 Å². The number of anilines is 2. The topological polar surface area (TPSA) is 105 Å². The number of benzene rings is 1. The van der Waals surface area contributed by atoms with E-state index in [4.69, 9.17) is 0 Å². The zero-order chi connectivity index (χ0) is 22.6. The molecule has 4 heterocycles. The SMILES string of the molecule is O=C(NCCn1ncc2c(N3CCN(c4ncccn4)CC3)ncnc21)c1ccc(F)cc1. The van der Waals surface area contributed by atoms with Crippen LogP contribution in [0.25, 0.3) is 11.0 Å². The smallest absolute Gasteiger partial charge is 0.251 e. The first kappa shape index (κ1) is 20.7. The number of aromatic nitrogens is 6. The fraction of sp³-hybridized carbons (Fsp3) is 0.273. The molecule has 1 saturated heterocycles. The average Bonchev–Trinajstić information content (AvgIpc) is 3.28. The monoisotopic (exact) mass is 447 g/mol. The number of nitrogens with zero attached hydrogens (tertiary/aromatic N) is 8. The summed E-state index contributed by atoms with van der Waals surface area (Å²) in [6.45, 7) is 3.96. The summed E-state index contributed by atoms with van der Waals surface area (Å²) >= 11 is 0. The van der Waals surface area contributed by atoms with E-state index in [9.17, 15) is 9.18 Å². The van der Waals surface area contributed by atoms with E-state index in [1.54, 1.807) is 29.6 Å². The number of rotatable bonds is 6. The van der Waals surface area contributed by atoms with Crippen molar-refractivity contribution in [2.75, 3.05) is 42.5 Å². The first-order valence-corrected chi connectivity index (χ1v) is 10.7. The second-order valence-electron chi connectivity index (χ2n) is 7.59. The van der Waals surface area contributed by atoms with E-state index >= 15 is 0 Å². The lowest BCUT2D eigenvalue weighted by Gasteiger charge is -2.35. The average molecular weight is 447 g/mol. The second-order valence-corrected chi connectivity index (χ2v) is 7.59. The Hall–Kier alpha value is -4.15. The van der Waals surface area contributed by atoms with Gasteiger partial charge in [-0.05, 0) is 30.3 Å². The van der Waals surface area contributed by atoms with Crippen molar-refractivity contribution in [2.24, 2.45) is 0 Å². The molecular weight excluding hydrogens is 425 g/mol. The quantitative estimate of drug-likeness (QED) is 0.474. The molecule has 0 saturated carbocycles. The zero-order valence-corrected chi connectivity index (χ0v) is 17.8. The largest absolute Gasteiger partial charge is 0.352 e. The van der Waals surface area contributed by atoms with Crippen LogP contribution in [0.15, 0.2) is 55.2 Å². The van der Waals surface area contributed by atoms with E-state index in [1.165, 1.54) is 24.3 Å². The third kappa shape index (κ3) is 4.43. The Balaban J connectivity index is 1.23. The molecule has 5 rings (SSSR count). The van der Waals surface area contributed by atoms with Crippen LogP contribution < -0.4 is 15.1 Å². The van der Waals surface area contributed by atoms with E-state index < -0.39 is 0 Å². The molecule has 0 aliphatic carbocycles. The summed E-state index contributed by atoms with van der Waals surface area (Å²) < 4.78 is 14.8. The lowest BCUT2D eigenvalue weighted by molar-refractivity contribution is 0.0952. The highest BCUT2D eigenvalue weighted by atomic mass is 19.1. The number of halogens is 1. The molecule has 1 aliphatic rings. The van der Waals surface area contributed by atoms with Crippen LogP contribution in [0, 0.1) is 5.82 Å². The van der Waals surface area contributed by atoms with Crippen molar-refractivity contribution in [1.29, 1.82) is 0 Å². The lowest BCUT2D eigenvalue weighted by atomic mass is 10.2. The normalized spacial score (nSPS) is 14.0. The summed E-state index contributed by atoms with van der Waals surface area (Å²) in [4.78, 5) is 34.2. The van der Waals surface area contributed by atoms with Gasteiger partial charge in [0.25, 0.3) is 5.91 Å². The van der Waals surface area contributed by atoms with Crippen molar-refractivity contribution in [2.45, 2.75) is 6.54 Å². The Kier molecular flexibility index (Phi) is 5.75. The van der Waals surface area contributed by atoms with Gasteiger partial charge in [-0.25, -0.2) is 29.0 Å². The summed E-state index contributed by atoms with van der Waals surface area (Å²) in [7, 11) is 0. The van der Waals surface area contributed by atoms with E-state index in [0.29, 0.717) is 24.3 Å². The van der Waals surface area contributed by atoms with Gasteiger partial charge < -0.3 is 15.1 Å². The Morgan fingerprint density at radius 3 is 2.45 bits per heavy atom. The maximum absolute atomic E-state index is 13.0. The molecule has 1 aliphatic heterocycles. The molecule has 168 valence electrons. The van der Waals surface area contributed by atoms with Gasteiger partial charge >= 0.3 is 0 Å². The van der Waals surface area contributed by atoms with Gasteiger partial charge in [0.1, 0.15) is 18.0 Å². The molecule has 4 aromatic rings. The van der Waals surface area contributed by atoms with E-state index in [0.717, 1.165) is 43.3 Å². The summed E-state index contributed by atoms with van der Waals surface area (Å²) in [5.74, 6) is 0.942. The highest BCUT2D eigenvalue weighted by Crippen LogP contribution is 2.24. The third-order valence-corrected chi connectivity index (χ3v) is 5.54. The second kappa shape index (κ2) is 9.15. The molecular formula is C22H22FN9O. The van der Waals surface area contributed by atoms with Crippen LogP contribution in [0.1, 0.15) is 10.4 Å². The molecule has 0 atom stereocenters. The Bertz CT molecular complexity index is 1240. The number of carbonyl (C=O) groups is 1. The molecule has 0 bridgehead atoms. The Labute approximate surface area is 189 Å². The van der Waals surface area contributed by atoms with Gasteiger partial charge in [-0.15, -0.1) is 0 Å². The van der Waals surface area contributed by atoms with Crippen LogP contribution in [-0.4, -0.2) is 68.3 Å². The van der Waals surface area contributed by atoms with E-state index in [1.807, 2.05) is 6.07 Å². The van der Waals surface area contributed by atoms with Crippen LogP contribution in [0.3, 0.4) is 0 Å². The number of fused-ring (bicyclic) bond motifs is 1. The maximum atomic E-state index is 13.0. The number of piperazine rings is 1. The van der Waals surface area contributed by atoms with Gasteiger partial charge in [0.2, 0.25) is 5.95 Å². The minimum atomic E-state index is -0.375. The van der Waals surface area contributed by atoms with Crippen LogP contribution in [-0.2, 0) is 6.54 Å². The predicted octanol–water partition coefficient (Wildman–Crippen LogP) is 1.51. The molecule has 0 radical (unpaired) electrons. The first-order chi connectivity index (χ1) is 16.2. The zero-order valence-electron chi connectivity index (χ0n) is 17.8. The fourth-order valence-electron chi connectivity index (χ4n) is 3.85. The molecule has 1 N–H and O–H groups in total. The standard InChI is InChI=1S/C22H22FN9O/c23-17-4-2-16(3-5-17)21(33)24-8-9-32-20-18(14-29-32)19(27-15-28-20)30-10-12-31(13-11-30)22-25-6-1-7-26-22/h1-7,14-15H,8-13H2,(H,24,33). The molecule has 11 heteroatoms. The summed E-state index contributed by atoms with van der Waals surface area (Å²) in [6, 6.07) is 7.25. The van der Waals surface area contributed by atoms with Crippen molar-refractivity contribution in [1.82, 2.24) is 35.0 Å². The van der Waals surface area contributed by atoms with Gasteiger partial charge in [0, 0.05) is 50.7 Å². The van der Waals surface area contributed by atoms with Crippen LogP contribution in [0.5, 0.6) is 0 Å². The van der Waals surface area contributed by atoms with Crippen molar-refractivity contribution in [3.8, 4) is 0 Å². The number of hydrogen-bond acceptors (Lipinski definition) is 8. The van der Waals surface area contributed by atoms with Crippen LogP contribution in [0.4, 0.5) is 16.2 Å². The first-order valence-electron chi connectivity index (χ1n) is 10.7. The molecule has 0 unspecified atom stereocenters. The Morgan fingerprint density at radius 2 is 1.70 bits per heavy atom. The molecule has 3 aromatic heterocycles. The molecule has 10 nitrogen and oxygen atoms in total. The highest BCUT2D eigenvalue weighted by molar-refractivity contribution is 5.94. The summed E-state index contributed by atoms with van der Waals surface area (Å²) in [5.41, 5.74) is 1.12. The molecule has 1 amide bonds. The molecule has 33 heavy (non-hydrogen) atoms. The van der Waals surface area contributed by atoms with Crippen LogP contribution >= 0.6 is 0 Å². The molecule has 0 spiro atoms.